The zero-order valence-electron chi connectivity index (χ0n) is 13.8. The topological polar surface area (TPSA) is 66.4 Å². The number of carbonyl (C=O) groups excluding carboxylic acids is 1. The predicted octanol–water partition coefficient (Wildman–Crippen LogP) is 3.30. The highest BCUT2D eigenvalue weighted by molar-refractivity contribution is 5.84. The van der Waals surface area contributed by atoms with Gasteiger partial charge in [-0.2, -0.15) is 0 Å². The number of aliphatic carboxylic acids is 1. The molecule has 1 aromatic carbocycles. The second kappa shape index (κ2) is 6.91. The van der Waals surface area contributed by atoms with E-state index in [9.17, 15) is 14.0 Å². The molecule has 0 heterocycles. The van der Waals surface area contributed by atoms with Crippen molar-refractivity contribution < 1.29 is 19.1 Å². The maximum absolute atomic E-state index is 13.4. The second-order valence-corrected chi connectivity index (χ2v) is 7.30. The summed E-state index contributed by atoms with van der Waals surface area (Å²) in [7, 11) is 0. The largest absolute Gasteiger partial charge is 0.481 e. The van der Waals surface area contributed by atoms with E-state index in [0.717, 1.165) is 37.7 Å². The quantitative estimate of drug-likeness (QED) is 0.869. The van der Waals surface area contributed by atoms with Gasteiger partial charge in [-0.25, -0.2) is 4.39 Å². The van der Waals surface area contributed by atoms with Gasteiger partial charge in [0.1, 0.15) is 5.82 Å². The number of hydrogen-bond donors (Lipinski definition) is 2. The molecule has 0 aliphatic heterocycles. The number of carboxylic acids is 1. The predicted molar refractivity (Wildman–Crippen MR) is 87.9 cm³/mol. The summed E-state index contributed by atoms with van der Waals surface area (Å²) in [6, 6.07) is 6.54. The van der Waals surface area contributed by atoms with E-state index in [4.69, 9.17) is 5.11 Å². The Bertz CT molecular complexity index is 619. The van der Waals surface area contributed by atoms with Crippen molar-refractivity contribution >= 4 is 11.9 Å². The lowest BCUT2D eigenvalue weighted by Crippen LogP contribution is -2.51. The maximum atomic E-state index is 13.4. The van der Waals surface area contributed by atoms with Crippen LogP contribution in [0.4, 0.5) is 4.39 Å². The van der Waals surface area contributed by atoms with Crippen molar-refractivity contribution in [3.63, 3.8) is 0 Å². The van der Waals surface area contributed by atoms with Gasteiger partial charge >= 0.3 is 5.97 Å². The van der Waals surface area contributed by atoms with E-state index in [-0.39, 0.29) is 23.7 Å². The van der Waals surface area contributed by atoms with Crippen LogP contribution in [-0.2, 0) is 16.0 Å². The fourth-order valence-electron chi connectivity index (χ4n) is 3.95. The Hall–Kier alpha value is -1.91. The Balaban J connectivity index is 1.59. The zero-order chi connectivity index (χ0) is 17.2. The normalized spacial score (nSPS) is 25.5. The number of nitrogens with one attached hydrogen (secondary N) is 1. The highest BCUT2D eigenvalue weighted by Gasteiger charge is 2.44. The lowest BCUT2D eigenvalue weighted by Gasteiger charge is -2.42. The van der Waals surface area contributed by atoms with Crippen LogP contribution < -0.4 is 5.32 Å². The van der Waals surface area contributed by atoms with Crippen LogP contribution in [0.15, 0.2) is 24.3 Å². The van der Waals surface area contributed by atoms with Crippen LogP contribution in [0, 0.1) is 17.2 Å². The van der Waals surface area contributed by atoms with Crippen LogP contribution >= 0.6 is 0 Å². The number of carboxylic acid groups (broad SMARTS) is 1. The van der Waals surface area contributed by atoms with Gasteiger partial charge in [0.2, 0.25) is 5.91 Å². The molecule has 1 aromatic rings. The van der Waals surface area contributed by atoms with Crippen molar-refractivity contribution in [1.29, 1.82) is 0 Å². The third-order valence-electron chi connectivity index (χ3n) is 5.64. The molecular weight excluding hydrogens is 309 g/mol. The van der Waals surface area contributed by atoms with E-state index >= 15 is 0 Å². The first-order chi connectivity index (χ1) is 11.5. The maximum Gasteiger partial charge on any atom is 0.306 e. The molecule has 0 atom stereocenters. The number of hydrogen-bond acceptors (Lipinski definition) is 2. The third-order valence-corrected chi connectivity index (χ3v) is 5.64. The van der Waals surface area contributed by atoms with Crippen LogP contribution in [0.3, 0.4) is 0 Å². The van der Waals surface area contributed by atoms with Crippen molar-refractivity contribution in [2.75, 3.05) is 0 Å². The van der Waals surface area contributed by atoms with Crippen molar-refractivity contribution in [3.05, 3.63) is 35.6 Å². The van der Waals surface area contributed by atoms with E-state index in [1.165, 1.54) is 12.1 Å². The molecule has 0 spiro atoms. The smallest absolute Gasteiger partial charge is 0.306 e. The Morgan fingerprint density at radius 2 is 1.92 bits per heavy atom. The molecule has 2 saturated carbocycles. The summed E-state index contributed by atoms with van der Waals surface area (Å²) in [6.45, 7) is 0. The average molecular weight is 333 g/mol. The van der Waals surface area contributed by atoms with Gasteiger partial charge in [0, 0.05) is 6.04 Å². The van der Waals surface area contributed by atoms with Crippen molar-refractivity contribution in [2.45, 2.75) is 57.4 Å². The van der Waals surface area contributed by atoms with Gasteiger partial charge in [0.25, 0.3) is 0 Å². The van der Waals surface area contributed by atoms with E-state index in [1.807, 2.05) is 6.07 Å². The van der Waals surface area contributed by atoms with Crippen molar-refractivity contribution in [3.8, 4) is 0 Å². The number of benzene rings is 1. The first-order valence-electron chi connectivity index (χ1n) is 8.77. The summed E-state index contributed by atoms with van der Waals surface area (Å²) in [4.78, 5) is 23.8. The van der Waals surface area contributed by atoms with Gasteiger partial charge in [-0.1, -0.05) is 18.6 Å². The minimum absolute atomic E-state index is 0.0526. The molecule has 130 valence electrons. The average Bonchev–Trinajstić information content (AvgIpc) is 2.51. The molecular formula is C19H24FNO3. The number of rotatable bonds is 5. The van der Waals surface area contributed by atoms with Crippen LogP contribution in [0.25, 0.3) is 0 Å². The molecule has 24 heavy (non-hydrogen) atoms. The Kier molecular flexibility index (Phi) is 4.88. The number of amides is 1. The minimum Gasteiger partial charge on any atom is -0.481 e. The number of carbonyl (C=O) groups is 2. The van der Waals surface area contributed by atoms with Crippen LogP contribution in [0.5, 0.6) is 0 Å². The highest BCUT2D eigenvalue weighted by Crippen LogP contribution is 2.44. The van der Waals surface area contributed by atoms with Gasteiger partial charge in [-0.3, -0.25) is 9.59 Å². The fraction of sp³-hybridized carbons (Fsp3) is 0.579. The summed E-state index contributed by atoms with van der Waals surface area (Å²) in [5.74, 6) is -1.23. The lowest BCUT2D eigenvalue weighted by molar-refractivity contribution is -0.143. The molecule has 5 heteroatoms. The molecule has 2 fully saturated rings. The van der Waals surface area contributed by atoms with E-state index in [0.29, 0.717) is 19.3 Å². The molecule has 0 radical (unpaired) electrons. The molecule has 0 aromatic heterocycles. The summed E-state index contributed by atoms with van der Waals surface area (Å²) >= 11 is 0. The molecule has 2 N–H and O–H groups in total. The molecule has 3 rings (SSSR count). The second-order valence-electron chi connectivity index (χ2n) is 7.30. The van der Waals surface area contributed by atoms with Crippen LogP contribution in [0.2, 0.25) is 0 Å². The molecule has 4 nitrogen and oxygen atoms in total. The molecule has 0 saturated heterocycles. The van der Waals surface area contributed by atoms with Gasteiger partial charge in [0.15, 0.2) is 0 Å². The molecule has 0 unspecified atom stereocenters. The first kappa shape index (κ1) is 16.9. The molecule has 2 aliphatic carbocycles. The summed E-state index contributed by atoms with van der Waals surface area (Å²) in [5.41, 5.74) is 0.441. The van der Waals surface area contributed by atoms with Crippen LogP contribution in [-0.4, -0.2) is 23.0 Å². The zero-order valence-corrected chi connectivity index (χ0v) is 13.8. The minimum atomic E-state index is -0.735. The standard InChI is InChI=1S/C19H24FNO3/c20-15-4-1-3-13(11-15)12-19(9-2-10-19)18(24)21-16-7-5-14(6-8-16)17(22)23/h1,3-4,11,14,16H,2,5-10,12H2,(H,21,24)(H,22,23). The summed E-state index contributed by atoms with van der Waals surface area (Å²) in [5, 5.41) is 12.2. The van der Waals surface area contributed by atoms with E-state index in [2.05, 4.69) is 5.32 Å². The molecule has 1 amide bonds. The summed E-state index contributed by atoms with van der Waals surface area (Å²) in [6.07, 6.45) is 5.95. The van der Waals surface area contributed by atoms with Gasteiger partial charge < -0.3 is 10.4 Å². The van der Waals surface area contributed by atoms with Crippen molar-refractivity contribution in [2.24, 2.45) is 11.3 Å². The lowest BCUT2D eigenvalue weighted by atomic mass is 9.64. The Morgan fingerprint density at radius 1 is 1.21 bits per heavy atom. The van der Waals surface area contributed by atoms with Crippen molar-refractivity contribution in [1.82, 2.24) is 5.32 Å². The van der Waals surface area contributed by atoms with E-state index < -0.39 is 11.4 Å². The summed E-state index contributed by atoms with van der Waals surface area (Å²) < 4.78 is 13.4. The van der Waals surface area contributed by atoms with Gasteiger partial charge in [-0.05, 0) is 62.6 Å². The van der Waals surface area contributed by atoms with Crippen LogP contribution in [0.1, 0.15) is 50.5 Å². The Labute approximate surface area is 141 Å². The highest BCUT2D eigenvalue weighted by atomic mass is 19.1. The molecule has 2 aliphatic rings. The third kappa shape index (κ3) is 3.60. The van der Waals surface area contributed by atoms with Gasteiger partial charge in [-0.15, -0.1) is 0 Å². The first-order valence-corrected chi connectivity index (χ1v) is 8.77. The number of halogens is 1. The van der Waals surface area contributed by atoms with Gasteiger partial charge in [0.05, 0.1) is 11.3 Å². The van der Waals surface area contributed by atoms with E-state index in [1.54, 1.807) is 6.07 Å². The SMILES string of the molecule is O=C(O)C1CCC(NC(=O)C2(Cc3cccc(F)c3)CCC2)CC1. The molecule has 0 bridgehead atoms. The monoisotopic (exact) mass is 333 g/mol. The fourth-order valence-corrected chi connectivity index (χ4v) is 3.95. The Morgan fingerprint density at radius 3 is 2.46 bits per heavy atom.